The molecule has 1 heterocycles. The van der Waals surface area contributed by atoms with Gasteiger partial charge in [0.2, 0.25) is 0 Å². The van der Waals surface area contributed by atoms with Crippen LogP contribution >= 0.6 is 0 Å². The number of rotatable bonds is 2. The largest absolute Gasteiger partial charge is 0.373 e. The summed E-state index contributed by atoms with van der Waals surface area (Å²) < 4.78 is 0. The van der Waals surface area contributed by atoms with Gasteiger partial charge in [-0.1, -0.05) is 32.1 Å². The third-order valence-electron chi connectivity index (χ3n) is 2.73. The molecule has 0 bridgehead atoms. The van der Waals surface area contributed by atoms with Gasteiger partial charge in [0.15, 0.2) is 0 Å². The van der Waals surface area contributed by atoms with Crippen molar-refractivity contribution < 1.29 is 0 Å². The summed E-state index contributed by atoms with van der Waals surface area (Å²) in [6.45, 7) is 4.44. The van der Waals surface area contributed by atoms with Crippen LogP contribution in [0, 0.1) is 11.8 Å². The number of allylic oxidation sites excluding steroid dienone is 5. The molecule has 0 saturated heterocycles. The topological polar surface area (TPSA) is 24.4 Å². The minimum atomic E-state index is 0.389. The van der Waals surface area contributed by atoms with Gasteiger partial charge in [-0.3, -0.25) is 0 Å². The third kappa shape index (κ3) is 1.41. The minimum Gasteiger partial charge on any atom is -0.373 e. The first-order valence-corrected chi connectivity index (χ1v) is 5.08. The Bertz CT molecular complexity index is 357. The Labute approximate surface area is 85.1 Å². The van der Waals surface area contributed by atoms with E-state index in [1.807, 2.05) is 13.3 Å². The van der Waals surface area contributed by atoms with Gasteiger partial charge in [-0.15, -0.1) is 0 Å². The molecule has 74 valence electrons. The molecule has 0 amide bonds. The molecule has 2 nitrogen and oxygen atoms in total. The van der Waals surface area contributed by atoms with Gasteiger partial charge in [-0.25, -0.2) is 4.99 Å². The molecule has 2 aliphatic rings. The maximum atomic E-state index is 4.34. The Morgan fingerprint density at radius 1 is 1.36 bits per heavy atom. The molecule has 0 aromatic rings. The summed E-state index contributed by atoms with van der Waals surface area (Å²) in [6, 6.07) is 0. The molecular formula is C12H16N2. The first-order chi connectivity index (χ1) is 6.72. The summed E-state index contributed by atoms with van der Waals surface area (Å²) >= 11 is 0. The minimum absolute atomic E-state index is 0.389. The lowest BCUT2D eigenvalue weighted by molar-refractivity contribution is 0.775. The lowest BCUT2D eigenvalue weighted by atomic mass is 9.89. The van der Waals surface area contributed by atoms with Crippen molar-refractivity contribution in [2.75, 3.05) is 7.05 Å². The third-order valence-corrected chi connectivity index (χ3v) is 2.73. The molecule has 0 fully saturated rings. The SMILES string of the molecule is CNC1=C2C=CC(C(C)C)=CC2C=N1. The van der Waals surface area contributed by atoms with Crippen molar-refractivity contribution in [1.29, 1.82) is 0 Å². The van der Waals surface area contributed by atoms with Crippen molar-refractivity contribution >= 4 is 6.21 Å². The first kappa shape index (κ1) is 9.25. The highest BCUT2D eigenvalue weighted by molar-refractivity contribution is 5.76. The molecule has 1 N–H and O–H groups in total. The van der Waals surface area contributed by atoms with Crippen molar-refractivity contribution in [2.24, 2.45) is 16.8 Å². The van der Waals surface area contributed by atoms with Gasteiger partial charge < -0.3 is 5.32 Å². The van der Waals surface area contributed by atoms with E-state index < -0.39 is 0 Å². The lowest BCUT2D eigenvalue weighted by Gasteiger charge is -2.16. The van der Waals surface area contributed by atoms with E-state index in [0.717, 1.165) is 5.82 Å². The Morgan fingerprint density at radius 3 is 2.79 bits per heavy atom. The van der Waals surface area contributed by atoms with Crippen LogP contribution in [0.1, 0.15) is 13.8 Å². The zero-order chi connectivity index (χ0) is 10.1. The van der Waals surface area contributed by atoms with Crippen LogP contribution in [0.3, 0.4) is 0 Å². The smallest absolute Gasteiger partial charge is 0.129 e. The van der Waals surface area contributed by atoms with Gasteiger partial charge in [0.25, 0.3) is 0 Å². The van der Waals surface area contributed by atoms with Crippen molar-refractivity contribution in [3.63, 3.8) is 0 Å². The van der Waals surface area contributed by atoms with Gasteiger partial charge in [0.05, 0.1) is 0 Å². The number of aliphatic imine (C=N–C) groups is 1. The molecule has 1 atom stereocenters. The average Bonchev–Trinajstić information content (AvgIpc) is 2.59. The highest BCUT2D eigenvalue weighted by Gasteiger charge is 2.21. The quantitative estimate of drug-likeness (QED) is 0.706. The summed E-state index contributed by atoms with van der Waals surface area (Å²) in [5, 5.41) is 3.11. The van der Waals surface area contributed by atoms with Crippen LogP contribution in [-0.2, 0) is 0 Å². The molecule has 0 aromatic carbocycles. The summed E-state index contributed by atoms with van der Waals surface area (Å²) in [7, 11) is 1.91. The van der Waals surface area contributed by atoms with E-state index in [1.54, 1.807) is 0 Å². The Balaban J connectivity index is 2.30. The monoisotopic (exact) mass is 188 g/mol. The zero-order valence-corrected chi connectivity index (χ0v) is 8.91. The number of nitrogens with zero attached hydrogens (tertiary/aromatic N) is 1. The first-order valence-electron chi connectivity index (χ1n) is 5.08. The van der Waals surface area contributed by atoms with E-state index in [0.29, 0.717) is 11.8 Å². The van der Waals surface area contributed by atoms with E-state index in [9.17, 15) is 0 Å². The summed E-state index contributed by atoms with van der Waals surface area (Å²) in [6.07, 6.45) is 8.68. The average molecular weight is 188 g/mol. The second kappa shape index (κ2) is 3.45. The van der Waals surface area contributed by atoms with E-state index in [4.69, 9.17) is 0 Å². The van der Waals surface area contributed by atoms with Gasteiger partial charge in [-0.05, 0) is 11.5 Å². The van der Waals surface area contributed by atoms with Crippen molar-refractivity contribution in [2.45, 2.75) is 13.8 Å². The van der Waals surface area contributed by atoms with Crippen LogP contribution in [0.5, 0.6) is 0 Å². The molecule has 1 aliphatic carbocycles. The zero-order valence-electron chi connectivity index (χ0n) is 8.91. The standard InChI is InChI=1S/C12H16N2/c1-8(2)9-4-5-11-10(6-9)7-14-12(11)13-3/h4-8,10,13H,1-3H3. The molecule has 0 spiro atoms. The maximum absolute atomic E-state index is 4.34. The molecule has 0 aromatic heterocycles. The predicted molar refractivity (Wildman–Crippen MR) is 60.1 cm³/mol. The molecule has 0 radical (unpaired) electrons. The van der Waals surface area contributed by atoms with Crippen LogP contribution < -0.4 is 5.32 Å². The second-order valence-corrected chi connectivity index (χ2v) is 4.01. The van der Waals surface area contributed by atoms with E-state index >= 15 is 0 Å². The van der Waals surface area contributed by atoms with Crippen LogP contribution in [0.2, 0.25) is 0 Å². The molecule has 0 saturated carbocycles. The van der Waals surface area contributed by atoms with Crippen LogP contribution in [0.25, 0.3) is 0 Å². The summed E-state index contributed by atoms with van der Waals surface area (Å²) in [5.74, 6) is 1.99. The van der Waals surface area contributed by atoms with Gasteiger partial charge in [-0.2, -0.15) is 0 Å². The van der Waals surface area contributed by atoms with Crippen molar-refractivity contribution in [3.05, 3.63) is 35.2 Å². The van der Waals surface area contributed by atoms with Crippen LogP contribution in [0.4, 0.5) is 0 Å². The molecule has 2 rings (SSSR count). The number of hydrogen-bond acceptors (Lipinski definition) is 2. The van der Waals surface area contributed by atoms with E-state index in [1.165, 1.54) is 11.1 Å². The summed E-state index contributed by atoms with van der Waals surface area (Å²) in [4.78, 5) is 4.34. The molecule has 2 heteroatoms. The molecule has 14 heavy (non-hydrogen) atoms. The fraction of sp³-hybridized carbons (Fsp3) is 0.417. The molecular weight excluding hydrogens is 172 g/mol. The van der Waals surface area contributed by atoms with E-state index in [-0.39, 0.29) is 0 Å². The fourth-order valence-corrected chi connectivity index (χ4v) is 1.83. The van der Waals surface area contributed by atoms with Gasteiger partial charge >= 0.3 is 0 Å². The Hall–Kier alpha value is -1.31. The highest BCUT2D eigenvalue weighted by Crippen LogP contribution is 2.30. The second-order valence-electron chi connectivity index (χ2n) is 4.01. The summed E-state index contributed by atoms with van der Waals surface area (Å²) in [5.41, 5.74) is 2.69. The number of hydrogen-bond donors (Lipinski definition) is 1. The normalized spacial score (nSPS) is 24.3. The number of fused-ring (bicyclic) bond motifs is 1. The van der Waals surface area contributed by atoms with Gasteiger partial charge in [0.1, 0.15) is 5.82 Å². The van der Waals surface area contributed by atoms with Gasteiger partial charge in [0, 0.05) is 24.8 Å². The lowest BCUT2D eigenvalue weighted by Crippen LogP contribution is -2.09. The molecule has 1 aliphatic heterocycles. The highest BCUT2D eigenvalue weighted by atomic mass is 15.0. The van der Waals surface area contributed by atoms with Crippen molar-refractivity contribution in [3.8, 4) is 0 Å². The molecule has 1 unspecified atom stereocenters. The predicted octanol–water partition coefficient (Wildman–Crippen LogP) is 2.27. The Kier molecular flexibility index (Phi) is 2.28. The Morgan fingerprint density at radius 2 is 2.14 bits per heavy atom. The van der Waals surface area contributed by atoms with Crippen LogP contribution in [-0.4, -0.2) is 13.3 Å². The van der Waals surface area contributed by atoms with E-state index in [2.05, 4.69) is 42.4 Å². The van der Waals surface area contributed by atoms with Crippen LogP contribution in [0.15, 0.2) is 40.2 Å². The number of nitrogens with one attached hydrogen (secondary N) is 1. The fourth-order valence-electron chi connectivity index (χ4n) is 1.83. The maximum Gasteiger partial charge on any atom is 0.129 e. The van der Waals surface area contributed by atoms with Crippen molar-refractivity contribution in [1.82, 2.24) is 5.32 Å².